The average molecular weight is 432 g/mol. The highest BCUT2D eigenvalue weighted by Crippen LogP contribution is 2.35. The van der Waals surface area contributed by atoms with Crippen LogP contribution in [0.25, 0.3) is 0 Å². The molecule has 2 aliphatic rings. The molecule has 0 bridgehead atoms. The predicted molar refractivity (Wildman–Crippen MR) is 111 cm³/mol. The van der Waals surface area contributed by atoms with Crippen LogP contribution in [-0.2, 0) is 10.0 Å². The zero-order valence-electron chi connectivity index (χ0n) is 16.9. The van der Waals surface area contributed by atoms with E-state index in [0.717, 1.165) is 12.8 Å². The standard InChI is InChI=1S/C21H24N2O6S/c1-14-7-9-23(10-8-14)30(25,26)16-4-6-18(27-2)17(12-16)21(24)22-15-3-5-19-20(11-15)29-13-28-19/h3-6,11-12,14H,7-10,13H2,1-2H3,(H,22,24). The van der Waals surface area contributed by atoms with Gasteiger partial charge in [0.1, 0.15) is 5.75 Å². The van der Waals surface area contributed by atoms with E-state index >= 15 is 0 Å². The first-order valence-corrected chi connectivity index (χ1v) is 11.2. The SMILES string of the molecule is COc1ccc(S(=O)(=O)N2CCC(C)CC2)cc1C(=O)Nc1ccc2c(c1)OCO2. The topological polar surface area (TPSA) is 94.2 Å². The van der Waals surface area contributed by atoms with Gasteiger partial charge < -0.3 is 19.5 Å². The fourth-order valence-corrected chi connectivity index (χ4v) is 5.07. The summed E-state index contributed by atoms with van der Waals surface area (Å²) in [5.74, 6) is 1.47. The Balaban J connectivity index is 1.60. The number of anilines is 1. The summed E-state index contributed by atoms with van der Waals surface area (Å²) < 4.78 is 43.5. The molecule has 1 saturated heterocycles. The number of rotatable bonds is 5. The van der Waals surface area contributed by atoms with Crippen molar-refractivity contribution >= 4 is 21.6 Å². The smallest absolute Gasteiger partial charge is 0.259 e. The molecule has 0 atom stereocenters. The van der Waals surface area contributed by atoms with E-state index < -0.39 is 15.9 Å². The van der Waals surface area contributed by atoms with Crippen molar-refractivity contribution in [1.29, 1.82) is 0 Å². The van der Waals surface area contributed by atoms with Crippen LogP contribution in [0, 0.1) is 5.92 Å². The molecule has 0 unspecified atom stereocenters. The normalized spacial score (nSPS) is 17.0. The van der Waals surface area contributed by atoms with Crippen LogP contribution in [0.4, 0.5) is 5.69 Å². The van der Waals surface area contributed by atoms with Crippen LogP contribution < -0.4 is 19.5 Å². The number of hydrogen-bond acceptors (Lipinski definition) is 6. The number of ether oxygens (including phenoxy) is 3. The first-order valence-electron chi connectivity index (χ1n) is 9.77. The summed E-state index contributed by atoms with van der Waals surface area (Å²) >= 11 is 0. The summed E-state index contributed by atoms with van der Waals surface area (Å²) in [6, 6.07) is 9.40. The van der Waals surface area contributed by atoms with Crippen LogP contribution in [-0.4, -0.2) is 45.6 Å². The lowest BCUT2D eigenvalue weighted by atomic mass is 10.0. The summed E-state index contributed by atoms with van der Waals surface area (Å²) in [4.78, 5) is 13.0. The molecule has 8 nitrogen and oxygen atoms in total. The molecule has 0 saturated carbocycles. The van der Waals surface area contributed by atoms with Crippen LogP contribution >= 0.6 is 0 Å². The molecule has 30 heavy (non-hydrogen) atoms. The molecule has 0 aliphatic carbocycles. The summed E-state index contributed by atoms with van der Waals surface area (Å²) in [5.41, 5.74) is 0.645. The van der Waals surface area contributed by atoms with Crippen molar-refractivity contribution in [2.45, 2.75) is 24.7 Å². The second kappa shape index (κ2) is 8.16. The Hall–Kier alpha value is -2.78. The molecule has 9 heteroatoms. The molecular formula is C21H24N2O6S. The van der Waals surface area contributed by atoms with Crippen molar-refractivity contribution in [1.82, 2.24) is 4.31 Å². The van der Waals surface area contributed by atoms with Gasteiger partial charge in [0.15, 0.2) is 11.5 Å². The molecule has 160 valence electrons. The third kappa shape index (κ3) is 3.95. The van der Waals surface area contributed by atoms with Crippen molar-refractivity contribution in [3.05, 3.63) is 42.0 Å². The van der Waals surface area contributed by atoms with E-state index in [1.807, 2.05) is 0 Å². The third-order valence-corrected chi connectivity index (χ3v) is 7.32. The minimum atomic E-state index is -3.69. The van der Waals surface area contributed by atoms with E-state index in [1.54, 1.807) is 18.2 Å². The molecule has 4 rings (SSSR count). The number of hydrogen-bond donors (Lipinski definition) is 1. The Labute approximate surface area is 175 Å². The van der Waals surface area contributed by atoms with Gasteiger partial charge in [-0.25, -0.2) is 8.42 Å². The second-order valence-electron chi connectivity index (χ2n) is 7.47. The van der Waals surface area contributed by atoms with Crippen LogP contribution in [0.2, 0.25) is 0 Å². The first-order chi connectivity index (χ1) is 14.4. The van der Waals surface area contributed by atoms with Gasteiger partial charge in [0.05, 0.1) is 17.6 Å². The maximum Gasteiger partial charge on any atom is 0.259 e. The maximum absolute atomic E-state index is 13.1. The van der Waals surface area contributed by atoms with E-state index in [0.29, 0.717) is 41.9 Å². The number of piperidine rings is 1. The minimum Gasteiger partial charge on any atom is -0.496 e. The zero-order chi connectivity index (χ0) is 21.3. The van der Waals surface area contributed by atoms with E-state index in [4.69, 9.17) is 14.2 Å². The maximum atomic E-state index is 13.1. The molecule has 1 amide bonds. The van der Waals surface area contributed by atoms with Gasteiger partial charge in [0.25, 0.3) is 5.91 Å². The van der Waals surface area contributed by atoms with Crippen molar-refractivity contribution < 1.29 is 27.4 Å². The highest BCUT2D eigenvalue weighted by molar-refractivity contribution is 7.89. The third-order valence-electron chi connectivity index (χ3n) is 5.43. The Kier molecular flexibility index (Phi) is 5.57. The lowest BCUT2D eigenvalue weighted by Crippen LogP contribution is -2.37. The summed E-state index contributed by atoms with van der Waals surface area (Å²) in [6.07, 6.45) is 1.65. The summed E-state index contributed by atoms with van der Waals surface area (Å²) in [5, 5.41) is 2.76. The number of amides is 1. The van der Waals surface area contributed by atoms with Gasteiger partial charge in [-0.15, -0.1) is 0 Å². The van der Waals surface area contributed by atoms with Crippen molar-refractivity contribution in [3.63, 3.8) is 0 Å². The van der Waals surface area contributed by atoms with E-state index in [2.05, 4.69) is 12.2 Å². The Bertz CT molecular complexity index is 1060. The van der Waals surface area contributed by atoms with Crippen LogP contribution in [0.1, 0.15) is 30.1 Å². The summed E-state index contributed by atoms with van der Waals surface area (Å²) in [7, 11) is -2.25. The van der Waals surface area contributed by atoms with E-state index in [1.165, 1.54) is 29.6 Å². The molecule has 0 spiro atoms. The number of methoxy groups -OCH3 is 1. The molecule has 1 fully saturated rings. The first kappa shape index (κ1) is 20.5. The van der Waals surface area contributed by atoms with Gasteiger partial charge in [-0.2, -0.15) is 4.31 Å². The number of benzene rings is 2. The largest absolute Gasteiger partial charge is 0.496 e. The predicted octanol–water partition coefficient (Wildman–Crippen LogP) is 3.10. The molecule has 0 radical (unpaired) electrons. The van der Waals surface area contributed by atoms with Gasteiger partial charge in [-0.3, -0.25) is 4.79 Å². The Morgan fingerprint density at radius 1 is 1.10 bits per heavy atom. The molecule has 2 heterocycles. The Morgan fingerprint density at radius 2 is 1.83 bits per heavy atom. The number of carbonyl (C=O) groups is 1. The highest BCUT2D eigenvalue weighted by Gasteiger charge is 2.29. The number of carbonyl (C=O) groups excluding carboxylic acids is 1. The average Bonchev–Trinajstić information content (AvgIpc) is 3.21. The van der Waals surface area contributed by atoms with Gasteiger partial charge >= 0.3 is 0 Å². The number of nitrogens with one attached hydrogen (secondary N) is 1. The van der Waals surface area contributed by atoms with Crippen LogP contribution in [0.15, 0.2) is 41.3 Å². The molecule has 2 aromatic carbocycles. The fraction of sp³-hybridized carbons (Fsp3) is 0.381. The van der Waals surface area contributed by atoms with Crippen LogP contribution in [0.3, 0.4) is 0 Å². The molecule has 2 aromatic rings. The quantitative estimate of drug-likeness (QED) is 0.780. The van der Waals surface area contributed by atoms with E-state index in [9.17, 15) is 13.2 Å². The zero-order valence-corrected chi connectivity index (χ0v) is 17.7. The minimum absolute atomic E-state index is 0.0775. The van der Waals surface area contributed by atoms with Crippen molar-refractivity contribution in [2.24, 2.45) is 5.92 Å². The second-order valence-corrected chi connectivity index (χ2v) is 9.41. The van der Waals surface area contributed by atoms with E-state index in [-0.39, 0.29) is 17.3 Å². The lowest BCUT2D eigenvalue weighted by molar-refractivity contribution is 0.102. The molecule has 0 aromatic heterocycles. The van der Waals surface area contributed by atoms with Crippen molar-refractivity contribution in [3.8, 4) is 17.2 Å². The van der Waals surface area contributed by atoms with Gasteiger partial charge in [0, 0.05) is 24.8 Å². The number of nitrogens with zero attached hydrogens (tertiary/aromatic N) is 1. The Morgan fingerprint density at radius 3 is 2.57 bits per heavy atom. The number of sulfonamides is 1. The van der Waals surface area contributed by atoms with Gasteiger partial charge in [-0.1, -0.05) is 6.92 Å². The lowest BCUT2D eigenvalue weighted by Gasteiger charge is -2.29. The van der Waals surface area contributed by atoms with Crippen LogP contribution in [0.5, 0.6) is 17.2 Å². The fourth-order valence-electron chi connectivity index (χ4n) is 3.57. The highest BCUT2D eigenvalue weighted by atomic mass is 32.2. The monoisotopic (exact) mass is 432 g/mol. The molecule has 2 aliphatic heterocycles. The van der Waals surface area contributed by atoms with Gasteiger partial charge in [-0.05, 0) is 49.1 Å². The molecular weight excluding hydrogens is 408 g/mol. The summed E-state index contributed by atoms with van der Waals surface area (Å²) in [6.45, 7) is 3.22. The molecule has 1 N–H and O–H groups in total. The van der Waals surface area contributed by atoms with Gasteiger partial charge in [0.2, 0.25) is 16.8 Å². The van der Waals surface area contributed by atoms with Crippen molar-refractivity contribution in [2.75, 3.05) is 32.3 Å². The number of fused-ring (bicyclic) bond motifs is 1.